The van der Waals surface area contributed by atoms with Crippen molar-refractivity contribution in [2.75, 3.05) is 0 Å². The molecule has 1 aliphatic rings. The Balaban J connectivity index is 1.93. The van der Waals surface area contributed by atoms with Gasteiger partial charge in [-0.2, -0.15) is 4.98 Å². The lowest BCUT2D eigenvalue weighted by atomic mass is 9.82. The van der Waals surface area contributed by atoms with Crippen molar-refractivity contribution in [1.82, 2.24) is 10.1 Å². The van der Waals surface area contributed by atoms with E-state index in [1.165, 1.54) is 12.1 Å². The Kier molecular flexibility index (Phi) is 3.25. The summed E-state index contributed by atoms with van der Waals surface area (Å²) >= 11 is 0. The number of aromatic nitrogens is 2. The van der Waals surface area contributed by atoms with Crippen molar-refractivity contribution in [2.45, 2.75) is 37.6 Å². The van der Waals surface area contributed by atoms with Crippen molar-refractivity contribution in [3.8, 4) is 11.4 Å². The third kappa shape index (κ3) is 2.43. The molecule has 0 saturated heterocycles. The van der Waals surface area contributed by atoms with Crippen LogP contribution < -0.4 is 5.73 Å². The first kappa shape index (κ1) is 13.2. The molecule has 0 bridgehead atoms. The van der Waals surface area contributed by atoms with Gasteiger partial charge in [0.1, 0.15) is 11.6 Å². The highest BCUT2D eigenvalue weighted by Crippen LogP contribution is 2.34. The highest BCUT2D eigenvalue weighted by Gasteiger charge is 2.35. The molecule has 6 heteroatoms. The number of rotatable bonds is 2. The van der Waals surface area contributed by atoms with Gasteiger partial charge in [0.25, 0.3) is 0 Å². The van der Waals surface area contributed by atoms with Crippen LogP contribution in [0.2, 0.25) is 0 Å². The summed E-state index contributed by atoms with van der Waals surface area (Å²) in [7, 11) is 0. The van der Waals surface area contributed by atoms with Crippen LogP contribution in [0.1, 0.15) is 38.0 Å². The Bertz CT molecular complexity index is 600. The number of hydrogen-bond donors (Lipinski definition) is 1. The zero-order chi connectivity index (χ0) is 14.2. The Labute approximate surface area is 115 Å². The molecule has 1 aromatic heterocycles. The van der Waals surface area contributed by atoms with E-state index >= 15 is 0 Å². The Morgan fingerprint density at radius 2 is 1.70 bits per heavy atom. The molecule has 2 aromatic rings. The Morgan fingerprint density at radius 3 is 2.35 bits per heavy atom. The van der Waals surface area contributed by atoms with Crippen LogP contribution in [0.3, 0.4) is 0 Å². The molecule has 0 amide bonds. The van der Waals surface area contributed by atoms with E-state index in [9.17, 15) is 8.78 Å². The van der Waals surface area contributed by atoms with Crippen molar-refractivity contribution in [3.63, 3.8) is 0 Å². The topological polar surface area (TPSA) is 64.9 Å². The summed E-state index contributed by atoms with van der Waals surface area (Å²) in [5.41, 5.74) is 5.92. The Morgan fingerprint density at radius 1 is 1.05 bits per heavy atom. The minimum Gasteiger partial charge on any atom is -0.337 e. The lowest BCUT2D eigenvalue weighted by Crippen LogP contribution is -2.38. The van der Waals surface area contributed by atoms with Gasteiger partial charge in [0, 0.05) is 11.6 Å². The van der Waals surface area contributed by atoms with Crippen LogP contribution in [0, 0.1) is 11.6 Å². The molecule has 1 fully saturated rings. The molecule has 20 heavy (non-hydrogen) atoms. The molecule has 1 saturated carbocycles. The minimum atomic E-state index is -0.675. The fraction of sp³-hybridized carbons (Fsp3) is 0.429. The van der Waals surface area contributed by atoms with Crippen LogP contribution in [-0.2, 0) is 5.54 Å². The molecule has 106 valence electrons. The number of nitrogens with two attached hydrogens (primary N) is 1. The maximum Gasteiger partial charge on any atom is 0.247 e. The molecule has 2 N–H and O–H groups in total. The van der Waals surface area contributed by atoms with Gasteiger partial charge in [-0.25, -0.2) is 8.78 Å². The summed E-state index contributed by atoms with van der Waals surface area (Å²) in [4.78, 5) is 4.22. The van der Waals surface area contributed by atoms with Crippen molar-refractivity contribution >= 4 is 0 Å². The first-order chi connectivity index (χ1) is 9.57. The van der Waals surface area contributed by atoms with Crippen LogP contribution in [0.4, 0.5) is 8.78 Å². The average molecular weight is 279 g/mol. The zero-order valence-corrected chi connectivity index (χ0v) is 10.9. The lowest BCUT2D eigenvalue weighted by Gasteiger charge is -2.29. The molecule has 0 spiro atoms. The second-order valence-corrected chi connectivity index (χ2v) is 5.30. The molecule has 1 aliphatic carbocycles. The first-order valence-electron chi connectivity index (χ1n) is 6.66. The fourth-order valence-corrected chi connectivity index (χ4v) is 2.62. The van der Waals surface area contributed by atoms with Gasteiger partial charge < -0.3 is 10.3 Å². The third-order valence-electron chi connectivity index (χ3n) is 3.72. The highest BCUT2D eigenvalue weighted by molar-refractivity contribution is 5.54. The minimum absolute atomic E-state index is 0.161. The van der Waals surface area contributed by atoms with Gasteiger partial charge in [-0.15, -0.1) is 0 Å². The molecule has 1 aromatic carbocycles. The number of nitrogens with zero attached hydrogens (tertiary/aromatic N) is 2. The predicted molar refractivity (Wildman–Crippen MR) is 68.6 cm³/mol. The van der Waals surface area contributed by atoms with Crippen LogP contribution in [0.25, 0.3) is 11.4 Å². The SMILES string of the molecule is NC1(c2nc(-c3cc(F)cc(F)c3)no2)CCCCC1. The summed E-state index contributed by atoms with van der Waals surface area (Å²) in [5, 5.41) is 3.79. The molecule has 0 radical (unpaired) electrons. The van der Waals surface area contributed by atoms with Crippen molar-refractivity contribution < 1.29 is 13.3 Å². The van der Waals surface area contributed by atoms with Crippen LogP contribution >= 0.6 is 0 Å². The van der Waals surface area contributed by atoms with E-state index in [2.05, 4.69) is 10.1 Å². The van der Waals surface area contributed by atoms with E-state index in [4.69, 9.17) is 10.3 Å². The second kappa shape index (κ2) is 4.94. The van der Waals surface area contributed by atoms with Gasteiger partial charge in [0.15, 0.2) is 0 Å². The van der Waals surface area contributed by atoms with Gasteiger partial charge in [-0.3, -0.25) is 0 Å². The Hall–Kier alpha value is -1.82. The third-order valence-corrected chi connectivity index (χ3v) is 3.72. The van der Waals surface area contributed by atoms with Gasteiger partial charge in [0.05, 0.1) is 5.54 Å². The highest BCUT2D eigenvalue weighted by atomic mass is 19.1. The fourth-order valence-electron chi connectivity index (χ4n) is 2.62. The van der Waals surface area contributed by atoms with Crippen molar-refractivity contribution in [1.29, 1.82) is 0 Å². The summed E-state index contributed by atoms with van der Waals surface area (Å²) in [5.74, 6) is -0.844. The number of halogens is 2. The average Bonchev–Trinajstić information content (AvgIpc) is 2.89. The van der Waals surface area contributed by atoms with Crippen molar-refractivity contribution in [3.05, 3.63) is 35.7 Å². The molecule has 0 atom stereocenters. The van der Waals surface area contributed by atoms with Gasteiger partial charge in [0.2, 0.25) is 11.7 Å². The number of hydrogen-bond acceptors (Lipinski definition) is 4. The van der Waals surface area contributed by atoms with Gasteiger partial charge in [-0.05, 0) is 25.0 Å². The van der Waals surface area contributed by atoms with Crippen LogP contribution in [0.15, 0.2) is 22.7 Å². The summed E-state index contributed by atoms with van der Waals surface area (Å²) in [6, 6.07) is 3.14. The molecular formula is C14H15F2N3O. The molecule has 4 nitrogen and oxygen atoms in total. The summed E-state index contributed by atoms with van der Waals surface area (Å²) < 4.78 is 31.6. The van der Waals surface area contributed by atoms with Crippen LogP contribution in [0.5, 0.6) is 0 Å². The van der Waals surface area contributed by atoms with Crippen LogP contribution in [-0.4, -0.2) is 10.1 Å². The summed E-state index contributed by atoms with van der Waals surface area (Å²) in [6.07, 6.45) is 4.75. The largest absolute Gasteiger partial charge is 0.337 e. The standard InChI is InChI=1S/C14H15F2N3O/c15-10-6-9(7-11(16)8-10)12-18-13(20-19-12)14(17)4-2-1-3-5-14/h6-8H,1-5,17H2. The van der Waals surface area contributed by atoms with E-state index in [0.717, 1.165) is 38.2 Å². The smallest absolute Gasteiger partial charge is 0.247 e. The predicted octanol–water partition coefficient (Wildman–Crippen LogP) is 3.13. The monoisotopic (exact) mass is 279 g/mol. The van der Waals surface area contributed by atoms with E-state index in [0.29, 0.717) is 5.89 Å². The molecule has 0 unspecified atom stereocenters. The van der Waals surface area contributed by atoms with Gasteiger partial charge >= 0.3 is 0 Å². The van der Waals surface area contributed by atoms with E-state index in [-0.39, 0.29) is 11.4 Å². The van der Waals surface area contributed by atoms with E-state index < -0.39 is 17.2 Å². The van der Waals surface area contributed by atoms with Crippen molar-refractivity contribution in [2.24, 2.45) is 5.73 Å². The molecule has 3 rings (SSSR count). The maximum atomic E-state index is 13.2. The number of benzene rings is 1. The van der Waals surface area contributed by atoms with Gasteiger partial charge in [-0.1, -0.05) is 24.4 Å². The second-order valence-electron chi connectivity index (χ2n) is 5.30. The molecular weight excluding hydrogens is 264 g/mol. The molecule has 1 heterocycles. The normalized spacial score (nSPS) is 18.1. The lowest BCUT2D eigenvalue weighted by molar-refractivity contribution is 0.220. The van der Waals surface area contributed by atoms with E-state index in [1.807, 2.05) is 0 Å². The quantitative estimate of drug-likeness (QED) is 0.917. The maximum absolute atomic E-state index is 13.2. The summed E-state index contributed by atoms with van der Waals surface area (Å²) in [6.45, 7) is 0. The van der Waals surface area contributed by atoms with E-state index in [1.54, 1.807) is 0 Å². The molecule has 0 aliphatic heterocycles. The zero-order valence-electron chi connectivity index (χ0n) is 10.9. The first-order valence-corrected chi connectivity index (χ1v) is 6.66.